The van der Waals surface area contributed by atoms with Gasteiger partial charge in [-0.25, -0.2) is 4.98 Å². The highest BCUT2D eigenvalue weighted by Gasteiger charge is 2.29. The number of anilines is 2. The molecule has 1 aromatic heterocycles. The van der Waals surface area contributed by atoms with Crippen LogP contribution in [0.2, 0.25) is 0 Å². The number of hydrogen-bond acceptors (Lipinski definition) is 7. The number of rotatable bonds is 6. The molecule has 1 aliphatic heterocycles. The lowest BCUT2D eigenvalue weighted by Crippen LogP contribution is -2.36. The van der Waals surface area contributed by atoms with E-state index in [0.717, 1.165) is 69.8 Å². The van der Waals surface area contributed by atoms with Gasteiger partial charge in [0.2, 0.25) is 5.95 Å². The second-order valence-electron chi connectivity index (χ2n) is 6.82. The molecule has 0 spiro atoms. The second kappa shape index (κ2) is 7.42. The molecule has 2 heterocycles. The van der Waals surface area contributed by atoms with Gasteiger partial charge < -0.3 is 26.8 Å². The Morgan fingerprint density at radius 1 is 1.26 bits per heavy atom. The molecule has 7 heteroatoms. The van der Waals surface area contributed by atoms with E-state index in [9.17, 15) is 5.11 Å². The van der Waals surface area contributed by atoms with Crippen molar-refractivity contribution in [1.82, 2.24) is 14.9 Å². The zero-order valence-electron chi connectivity index (χ0n) is 13.6. The number of aliphatic hydroxyl groups excluding tert-OH is 1. The van der Waals surface area contributed by atoms with Gasteiger partial charge in [-0.15, -0.1) is 0 Å². The lowest BCUT2D eigenvalue weighted by molar-refractivity contribution is 0.0825. The number of likely N-dealkylation sites (tertiary alicyclic amines) is 1. The van der Waals surface area contributed by atoms with E-state index in [4.69, 9.17) is 11.5 Å². The van der Waals surface area contributed by atoms with Crippen molar-refractivity contribution in [3.05, 3.63) is 11.8 Å². The van der Waals surface area contributed by atoms with Gasteiger partial charge in [-0.2, -0.15) is 4.98 Å². The summed E-state index contributed by atoms with van der Waals surface area (Å²) in [6.45, 7) is 3.89. The summed E-state index contributed by atoms with van der Waals surface area (Å²) in [4.78, 5) is 11.0. The van der Waals surface area contributed by atoms with Crippen LogP contribution in [0.25, 0.3) is 0 Å². The first kappa shape index (κ1) is 16.4. The fraction of sp³-hybridized carbons (Fsp3) is 0.750. The first-order valence-corrected chi connectivity index (χ1v) is 8.64. The Bertz CT molecular complexity index is 511. The minimum absolute atomic E-state index is 0.105. The molecule has 1 saturated heterocycles. The van der Waals surface area contributed by atoms with Crippen LogP contribution in [0.15, 0.2) is 6.07 Å². The minimum Gasteiger partial charge on any atom is -0.393 e. The maximum atomic E-state index is 9.51. The van der Waals surface area contributed by atoms with Gasteiger partial charge in [-0.1, -0.05) is 0 Å². The first-order valence-electron chi connectivity index (χ1n) is 8.64. The fourth-order valence-corrected chi connectivity index (χ4v) is 3.35. The molecule has 1 aliphatic carbocycles. The third-order valence-corrected chi connectivity index (χ3v) is 4.87. The van der Waals surface area contributed by atoms with Gasteiger partial charge in [0, 0.05) is 37.7 Å². The number of nitrogens with one attached hydrogen (secondary N) is 1. The van der Waals surface area contributed by atoms with Crippen molar-refractivity contribution in [2.75, 3.05) is 37.2 Å². The van der Waals surface area contributed by atoms with Crippen LogP contribution < -0.4 is 16.8 Å². The summed E-state index contributed by atoms with van der Waals surface area (Å²) < 4.78 is 0. The molecule has 2 fully saturated rings. The van der Waals surface area contributed by atoms with Crippen molar-refractivity contribution in [2.45, 2.75) is 50.2 Å². The van der Waals surface area contributed by atoms with E-state index in [1.807, 2.05) is 6.07 Å². The maximum Gasteiger partial charge on any atom is 0.222 e. The van der Waals surface area contributed by atoms with Crippen molar-refractivity contribution >= 4 is 11.8 Å². The summed E-state index contributed by atoms with van der Waals surface area (Å²) in [6, 6.07) is 2.31. The van der Waals surface area contributed by atoms with Crippen molar-refractivity contribution in [3.63, 3.8) is 0 Å². The van der Waals surface area contributed by atoms with Gasteiger partial charge in [-0.3, -0.25) is 0 Å². The molecule has 1 saturated carbocycles. The van der Waals surface area contributed by atoms with E-state index < -0.39 is 0 Å². The second-order valence-corrected chi connectivity index (χ2v) is 6.82. The molecular weight excluding hydrogens is 292 g/mol. The number of nitrogens with two attached hydrogens (primary N) is 2. The standard InChI is InChI=1S/C16H28N6O/c17-12-8-11(9-12)14-10-15(21-16(18)20-14)19-4-1-5-22-6-2-13(23)3-7-22/h10-13,23H,1-9,17H2,(H3,18,19,20,21). The van der Waals surface area contributed by atoms with Crippen LogP contribution in [0.1, 0.15) is 43.7 Å². The maximum absolute atomic E-state index is 9.51. The molecule has 3 rings (SSSR count). The summed E-state index contributed by atoms with van der Waals surface area (Å²) in [5, 5.41) is 12.9. The van der Waals surface area contributed by atoms with Gasteiger partial charge in [0.1, 0.15) is 5.82 Å². The molecule has 2 aliphatic rings. The van der Waals surface area contributed by atoms with Crippen LogP contribution in [0.4, 0.5) is 11.8 Å². The molecule has 0 aromatic carbocycles. The van der Waals surface area contributed by atoms with E-state index >= 15 is 0 Å². The SMILES string of the molecule is Nc1nc(NCCCN2CCC(O)CC2)cc(C2CC(N)C2)n1. The molecule has 23 heavy (non-hydrogen) atoms. The van der Waals surface area contributed by atoms with Crippen LogP contribution in [-0.4, -0.2) is 58.3 Å². The van der Waals surface area contributed by atoms with Crippen LogP contribution in [-0.2, 0) is 0 Å². The molecule has 0 atom stereocenters. The van der Waals surface area contributed by atoms with Crippen LogP contribution in [0.3, 0.4) is 0 Å². The zero-order valence-corrected chi connectivity index (χ0v) is 13.6. The Kier molecular flexibility index (Phi) is 5.30. The quantitative estimate of drug-likeness (QED) is 0.565. The number of aliphatic hydroxyl groups is 1. The number of piperidine rings is 1. The van der Waals surface area contributed by atoms with Gasteiger partial charge in [-0.05, 0) is 38.6 Å². The van der Waals surface area contributed by atoms with Crippen molar-refractivity contribution in [2.24, 2.45) is 5.73 Å². The minimum atomic E-state index is -0.105. The summed E-state index contributed by atoms with van der Waals surface area (Å²) >= 11 is 0. The summed E-state index contributed by atoms with van der Waals surface area (Å²) in [6.07, 6.45) is 4.69. The van der Waals surface area contributed by atoms with Crippen molar-refractivity contribution in [1.29, 1.82) is 0 Å². The summed E-state index contributed by atoms with van der Waals surface area (Å²) in [7, 11) is 0. The highest BCUT2D eigenvalue weighted by molar-refractivity contribution is 5.41. The number of hydrogen-bond donors (Lipinski definition) is 4. The Morgan fingerprint density at radius 3 is 2.70 bits per heavy atom. The highest BCUT2D eigenvalue weighted by atomic mass is 16.3. The van der Waals surface area contributed by atoms with E-state index in [-0.39, 0.29) is 6.10 Å². The van der Waals surface area contributed by atoms with Gasteiger partial charge in [0.15, 0.2) is 0 Å². The largest absolute Gasteiger partial charge is 0.393 e. The lowest BCUT2D eigenvalue weighted by atomic mass is 9.78. The summed E-state index contributed by atoms with van der Waals surface area (Å²) in [5.74, 6) is 1.56. The topological polar surface area (TPSA) is 113 Å². The van der Waals surface area contributed by atoms with Gasteiger partial charge in [0.25, 0.3) is 0 Å². The molecule has 0 radical (unpaired) electrons. The van der Waals surface area contributed by atoms with E-state index in [1.54, 1.807) is 0 Å². The molecule has 1 aromatic rings. The molecule has 0 unspecified atom stereocenters. The predicted octanol–water partition coefficient (Wildman–Crippen LogP) is 0.522. The van der Waals surface area contributed by atoms with Gasteiger partial charge in [0.05, 0.1) is 11.8 Å². The molecular formula is C16H28N6O. The Labute approximate surface area is 137 Å². The Balaban J connectivity index is 1.43. The highest BCUT2D eigenvalue weighted by Crippen LogP contribution is 2.35. The van der Waals surface area contributed by atoms with Gasteiger partial charge >= 0.3 is 0 Å². The molecule has 0 amide bonds. The third-order valence-electron chi connectivity index (χ3n) is 4.87. The molecule has 6 N–H and O–H groups in total. The molecule has 7 nitrogen and oxygen atoms in total. The molecule has 128 valence electrons. The monoisotopic (exact) mass is 320 g/mol. The average Bonchev–Trinajstić information content (AvgIpc) is 2.50. The van der Waals surface area contributed by atoms with E-state index in [0.29, 0.717) is 17.9 Å². The fourth-order valence-electron chi connectivity index (χ4n) is 3.35. The summed E-state index contributed by atoms with van der Waals surface area (Å²) in [5.41, 5.74) is 12.7. The Morgan fingerprint density at radius 2 is 2.00 bits per heavy atom. The smallest absolute Gasteiger partial charge is 0.222 e. The average molecular weight is 320 g/mol. The number of nitrogens with zero attached hydrogens (tertiary/aromatic N) is 3. The Hall–Kier alpha value is -1.44. The first-order chi connectivity index (χ1) is 11.1. The van der Waals surface area contributed by atoms with Crippen LogP contribution in [0.5, 0.6) is 0 Å². The normalized spacial score (nSPS) is 26.0. The zero-order chi connectivity index (χ0) is 16.2. The number of aromatic nitrogens is 2. The molecule has 0 bridgehead atoms. The van der Waals surface area contributed by atoms with Crippen molar-refractivity contribution in [3.8, 4) is 0 Å². The van der Waals surface area contributed by atoms with Crippen LogP contribution in [0, 0.1) is 0 Å². The lowest BCUT2D eigenvalue weighted by Gasteiger charge is -2.32. The van der Waals surface area contributed by atoms with Crippen molar-refractivity contribution < 1.29 is 5.11 Å². The predicted molar refractivity (Wildman–Crippen MR) is 91.2 cm³/mol. The number of nitrogen functional groups attached to an aromatic ring is 1. The van der Waals surface area contributed by atoms with E-state index in [2.05, 4.69) is 20.2 Å². The van der Waals surface area contributed by atoms with Crippen LogP contribution >= 0.6 is 0 Å². The van der Waals surface area contributed by atoms with E-state index in [1.165, 1.54) is 0 Å². The third kappa shape index (κ3) is 4.53.